The summed E-state index contributed by atoms with van der Waals surface area (Å²) in [5, 5.41) is 3.47. The molecule has 0 spiro atoms. The maximum atomic E-state index is 5.86. The van der Waals surface area contributed by atoms with Crippen LogP contribution in [0.5, 0.6) is 0 Å². The normalized spacial score (nSPS) is 18.3. The molecule has 1 unspecified atom stereocenters. The van der Waals surface area contributed by atoms with E-state index in [1.165, 1.54) is 11.1 Å². The topological polar surface area (TPSA) is 30.5 Å². The zero-order valence-electron chi connectivity index (χ0n) is 11.9. The summed E-state index contributed by atoms with van der Waals surface area (Å²) < 4.78 is 11.3. The van der Waals surface area contributed by atoms with Gasteiger partial charge in [0, 0.05) is 19.8 Å². The largest absolute Gasteiger partial charge is 0.381 e. The Balaban J connectivity index is 1.67. The van der Waals surface area contributed by atoms with Gasteiger partial charge >= 0.3 is 0 Å². The fourth-order valence-corrected chi connectivity index (χ4v) is 2.42. The minimum atomic E-state index is 0.210. The first-order valence-electron chi connectivity index (χ1n) is 7.39. The van der Waals surface area contributed by atoms with Crippen molar-refractivity contribution < 1.29 is 9.47 Å². The summed E-state index contributed by atoms with van der Waals surface area (Å²) in [6, 6.07) is 8.60. The number of rotatable bonds is 8. The Morgan fingerprint density at radius 3 is 3.11 bits per heavy atom. The van der Waals surface area contributed by atoms with Crippen LogP contribution in [-0.4, -0.2) is 32.9 Å². The van der Waals surface area contributed by atoms with Crippen LogP contribution in [0.4, 0.5) is 0 Å². The molecule has 1 aliphatic rings. The number of nitrogens with one attached hydrogen (secondary N) is 1. The molecule has 2 rings (SSSR count). The highest BCUT2D eigenvalue weighted by atomic mass is 16.5. The van der Waals surface area contributed by atoms with Crippen molar-refractivity contribution in [2.24, 2.45) is 0 Å². The van der Waals surface area contributed by atoms with Gasteiger partial charge in [0.1, 0.15) is 0 Å². The molecular formula is C16H25NO2. The lowest BCUT2D eigenvalue weighted by molar-refractivity contribution is 0.0420. The molecule has 0 saturated carbocycles. The van der Waals surface area contributed by atoms with E-state index in [1.54, 1.807) is 0 Å². The lowest BCUT2D eigenvalue weighted by Gasteiger charge is -2.26. The summed E-state index contributed by atoms with van der Waals surface area (Å²) in [4.78, 5) is 0. The van der Waals surface area contributed by atoms with Crippen LogP contribution in [0, 0.1) is 0 Å². The zero-order chi connectivity index (χ0) is 13.3. The Bertz CT molecular complexity index is 368. The average molecular weight is 263 g/mol. The Kier molecular flexibility index (Phi) is 6.34. The lowest BCUT2D eigenvalue weighted by atomic mass is 9.97. The van der Waals surface area contributed by atoms with Gasteiger partial charge in [0.15, 0.2) is 0 Å². The molecule has 1 aliphatic heterocycles. The summed E-state index contributed by atoms with van der Waals surface area (Å²) in [7, 11) is 0. The van der Waals surface area contributed by atoms with Crippen molar-refractivity contribution in [3.05, 3.63) is 35.4 Å². The van der Waals surface area contributed by atoms with E-state index in [9.17, 15) is 0 Å². The van der Waals surface area contributed by atoms with E-state index in [0.717, 1.165) is 52.2 Å². The number of ether oxygens (including phenoxy) is 2. The highest BCUT2D eigenvalue weighted by Gasteiger charge is 2.19. The van der Waals surface area contributed by atoms with E-state index in [1.807, 2.05) is 0 Å². The highest BCUT2D eigenvalue weighted by molar-refractivity contribution is 5.31. The van der Waals surface area contributed by atoms with Crippen molar-refractivity contribution in [2.75, 3.05) is 32.9 Å². The maximum Gasteiger partial charge on any atom is 0.0952 e. The lowest BCUT2D eigenvalue weighted by Crippen LogP contribution is -2.28. The minimum Gasteiger partial charge on any atom is -0.381 e. The number of fused-ring (bicyclic) bond motifs is 1. The maximum absolute atomic E-state index is 5.86. The SMILES string of the molecule is CCCOCCCNCC1OCCc2ccccc21. The molecule has 3 nitrogen and oxygen atoms in total. The molecule has 1 atom stereocenters. The van der Waals surface area contributed by atoms with Crippen molar-refractivity contribution in [1.82, 2.24) is 5.32 Å². The molecule has 0 aromatic heterocycles. The summed E-state index contributed by atoms with van der Waals surface area (Å²) >= 11 is 0. The summed E-state index contributed by atoms with van der Waals surface area (Å²) in [5.41, 5.74) is 2.79. The predicted molar refractivity (Wildman–Crippen MR) is 77.4 cm³/mol. The fourth-order valence-electron chi connectivity index (χ4n) is 2.42. The first-order chi connectivity index (χ1) is 9.42. The molecule has 0 saturated heterocycles. The molecular weight excluding hydrogens is 238 g/mol. The Morgan fingerprint density at radius 2 is 2.21 bits per heavy atom. The van der Waals surface area contributed by atoms with Gasteiger partial charge in [-0.15, -0.1) is 0 Å². The van der Waals surface area contributed by atoms with Gasteiger partial charge in [0.25, 0.3) is 0 Å². The van der Waals surface area contributed by atoms with E-state index >= 15 is 0 Å². The quantitative estimate of drug-likeness (QED) is 0.732. The van der Waals surface area contributed by atoms with Gasteiger partial charge in [-0.25, -0.2) is 0 Å². The molecule has 1 heterocycles. The number of benzene rings is 1. The van der Waals surface area contributed by atoms with Gasteiger partial charge < -0.3 is 14.8 Å². The molecule has 0 aliphatic carbocycles. The average Bonchev–Trinajstić information content (AvgIpc) is 2.46. The Labute approximate surface area is 116 Å². The molecule has 0 amide bonds. The molecule has 1 N–H and O–H groups in total. The van der Waals surface area contributed by atoms with Gasteiger partial charge in [0.2, 0.25) is 0 Å². The molecule has 19 heavy (non-hydrogen) atoms. The van der Waals surface area contributed by atoms with Crippen LogP contribution < -0.4 is 5.32 Å². The highest BCUT2D eigenvalue weighted by Crippen LogP contribution is 2.25. The van der Waals surface area contributed by atoms with E-state index < -0.39 is 0 Å². The van der Waals surface area contributed by atoms with Crippen molar-refractivity contribution >= 4 is 0 Å². The van der Waals surface area contributed by atoms with Gasteiger partial charge in [-0.05, 0) is 36.9 Å². The standard InChI is InChI=1S/C16H25NO2/c1-2-10-18-11-5-9-17-13-16-15-7-4-3-6-14(15)8-12-19-16/h3-4,6-7,16-17H,2,5,8-13H2,1H3. The van der Waals surface area contributed by atoms with E-state index in [-0.39, 0.29) is 6.10 Å². The third-order valence-corrected chi connectivity index (χ3v) is 3.41. The van der Waals surface area contributed by atoms with Crippen molar-refractivity contribution in [3.8, 4) is 0 Å². The monoisotopic (exact) mass is 263 g/mol. The Hall–Kier alpha value is -0.900. The van der Waals surface area contributed by atoms with Crippen LogP contribution in [-0.2, 0) is 15.9 Å². The van der Waals surface area contributed by atoms with E-state index in [2.05, 4.69) is 36.5 Å². The molecule has 0 bridgehead atoms. The van der Waals surface area contributed by atoms with Crippen molar-refractivity contribution in [2.45, 2.75) is 32.3 Å². The van der Waals surface area contributed by atoms with Crippen LogP contribution in [0.1, 0.15) is 37.0 Å². The first-order valence-corrected chi connectivity index (χ1v) is 7.39. The van der Waals surface area contributed by atoms with Crippen LogP contribution in [0.15, 0.2) is 24.3 Å². The second kappa shape index (κ2) is 8.31. The fraction of sp³-hybridized carbons (Fsp3) is 0.625. The molecule has 1 aromatic carbocycles. The van der Waals surface area contributed by atoms with Crippen LogP contribution >= 0.6 is 0 Å². The smallest absolute Gasteiger partial charge is 0.0952 e. The number of hydrogen-bond donors (Lipinski definition) is 1. The van der Waals surface area contributed by atoms with Crippen LogP contribution in [0.25, 0.3) is 0 Å². The molecule has 1 aromatic rings. The molecule has 0 fully saturated rings. The van der Waals surface area contributed by atoms with Gasteiger partial charge in [-0.3, -0.25) is 0 Å². The molecule has 3 heteroatoms. The minimum absolute atomic E-state index is 0.210. The zero-order valence-corrected chi connectivity index (χ0v) is 11.9. The van der Waals surface area contributed by atoms with Crippen molar-refractivity contribution in [3.63, 3.8) is 0 Å². The second-order valence-corrected chi connectivity index (χ2v) is 4.98. The molecule has 106 valence electrons. The van der Waals surface area contributed by atoms with Gasteiger partial charge in [-0.1, -0.05) is 31.2 Å². The predicted octanol–water partition coefficient (Wildman–Crippen LogP) is 2.71. The van der Waals surface area contributed by atoms with E-state index in [0.29, 0.717) is 0 Å². The first kappa shape index (κ1) is 14.5. The summed E-state index contributed by atoms with van der Waals surface area (Å²) in [6.07, 6.45) is 3.41. The van der Waals surface area contributed by atoms with Crippen molar-refractivity contribution in [1.29, 1.82) is 0 Å². The van der Waals surface area contributed by atoms with Gasteiger partial charge in [-0.2, -0.15) is 0 Å². The summed E-state index contributed by atoms with van der Waals surface area (Å²) in [5.74, 6) is 0. The Morgan fingerprint density at radius 1 is 1.32 bits per heavy atom. The number of hydrogen-bond acceptors (Lipinski definition) is 3. The third-order valence-electron chi connectivity index (χ3n) is 3.41. The third kappa shape index (κ3) is 4.60. The van der Waals surface area contributed by atoms with Crippen LogP contribution in [0.3, 0.4) is 0 Å². The second-order valence-electron chi connectivity index (χ2n) is 4.98. The van der Waals surface area contributed by atoms with E-state index in [4.69, 9.17) is 9.47 Å². The summed E-state index contributed by atoms with van der Waals surface area (Å²) in [6.45, 7) is 6.58. The molecule has 0 radical (unpaired) electrons. The van der Waals surface area contributed by atoms with Gasteiger partial charge in [0.05, 0.1) is 12.7 Å². The van der Waals surface area contributed by atoms with Crippen LogP contribution in [0.2, 0.25) is 0 Å².